The molecular weight excluding hydrogens is 280 g/mol. The van der Waals surface area contributed by atoms with Crippen LogP contribution in [0.1, 0.15) is 44.1 Å². The Labute approximate surface area is 111 Å². The first-order valence-electron chi connectivity index (χ1n) is 6.25. The van der Waals surface area contributed by atoms with Crippen LogP contribution in [0.2, 0.25) is 0 Å². The summed E-state index contributed by atoms with van der Waals surface area (Å²) in [6.45, 7) is 1.97. The highest BCUT2D eigenvalue weighted by Gasteiger charge is 2.17. The molecule has 0 radical (unpaired) electrons. The molecule has 0 atom stereocenters. The molecule has 17 heavy (non-hydrogen) atoms. The molecule has 1 aromatic heterocycles. The molecule has 0 amide bonds. The van der Waals surface area contributed by atoms with Crippen molar-refractivity contribution in [1.82, 2.24) is 4.98 Å². The van der Waals surface area contributed by atoms with Gasteiger partial charge in [-0.3, -0.25) is 0 Å². The van der Waals surface area contributed by atoms with Gasteiger partial charge >= 0.3 is 0 Å². The lowest BCUT2D eigenvalue weighted by Gasteiger charge is -2.18. The lowest BCUT2D eigenvalue weighted by molar-refractivity contribution is 0.175. The van der Waals surface area contributed by atoms with Gasteiger partial charge in [-0.15, -0.1) is 0 Å². The van der Waals surface area contributed by atoms with E-state index in [-0.39, 0.29) is 0 Å². The zero-order valence-electron chi connectivity index (χ0n) is 10.2. The summed E-state index contributed by atoms with van der Waals surface area (Å²) in [6, 6.07) is 0. The van der Waals surface area contributed by atoms with Crippen molar-refractivity contribution in [3.63, 3.8) is 0 Å². The van der Waals surface area contributed by atoms with Crippen LogP contribution in [0, 0.1) is 6.92 Å². The zero-order chi connectivity index (χ0) is 12.3. The zero-order valence-corrected chi connectivity index (χ0v) is 11.8. The van der Waals surface area contributed by atoms with Crippen LogP contribution >= 0.6 is 15.9 Å². The standard InChI is InChI=1S/C13H19BrN2O/c1-9-11(15)8-16-13(12(9)14)17-10-6-4-2-3-5-7-10/h8,10H,2-7,15H2,1H3. The molecule has 1 saturated carbocycles. The Morgan fingerprint density at radius 1 is 1.29 bits per heavy atom. The van der Waals surface area contributed by atoms with Gasteiger partial charge in [-0.2, -0.15) is 0 Å². The minimum absolute atomic E-state index is 0.310. The fraction of sp³-hybridized carbons (Fsp3) is 0.615. The number of rotatable bonds is 2. The number of hydrogen-bond acceptors (Lipinski definition) is 3. The number of pyridine rings is 1. The highest BCUT2D eigenvalue weighted by atomic mass is 79.9. The molecule has 0 aliphatic heterocycles. The molecule has 3 nitrogen and oxygen atoms in total. The second kappa shape index (κ2) is 5.71. The Balaban J connectivity index is 2.09. The maximum Gasteiger partial charge on any atom is 0.228 e. The molecule has 2 rings (SSSR count). The van der Waals surface area contributed by atoms with Gasteiger partial charge in [0.25, 0.3) is 0 Å². The van der Waals surface area contributed by atoms with E-state index in [0.717, 1.165) is 22.9 Å². The average molecular weight is 299 g/mol. The topological polar surface area (TPSA) is 48.1 Å². The third-order valence-corrected chi connectivity index (χ3v) is 4.29. The van der Waals surface area contributed by atoms with Gasteiger partial charge in [0.2, 0.25) is 5.88 Å². The van der Waals surface area contributed by atoms with Crippen LogP contribution in [0.15, 0.2) is 10.7 Å². The van der Waals surface area contributed by atoms with Crippen LogP contribution < -0.4 is 10.5 Å². The van der Waals surface area contributed by atoms with E-state index in [1.165, 1.54) is 25.7 Å². The molecule has 1 heterocycles. The van der Waals surface area contributed by atoms with Crippen molar-refractivity contribution in [3.05, 3.63) is 16.2 Å². The van der Waals surface area contributed by atoms with Gasteiger partial charge < -0.3 is 10.5 Å². The van der Waals surface area contributed by atoms with Gasteiger partial charge in [0.1, 0.15) is 6.10 Å². The van der Waals surface area contributed by atoms with Crippen molar-refractivity contribution in [2.24, 2.45) is 0 Å². The third-order valence-electron chi connectivity index (χ3n) is 3.35. The molecule has 4 heteroatoms. The monoisotopic (exact) mass is 298 g/mol. The van der Waals surface area contributed by atoms with Crippen LogP contribution in [0.4, 0.5) is 5.69 Å². The Hall–Kier alpha value is -0.770. The molecule has 2 N–H and O–H groups in total. The van der Waals surface area contributed by atoms with Crippen molar-refractivity contribution in [2.45, 2.75) is 51.6 Å². The maximum atomic E-state index is 5.99. The number of halogens is 1. The van der Waals surface area contributed by atoms with E-state index in [2.05, 4.69) is 20.9 Å². The summed E-state index contributed by atoms with van der Waals surface area (Å²) in [5, 5.41) is 0. The Kier molecular flexibility index (Phi) is 4.26. The average Bonchev–Trinajstić information content (AvgIpc) is 2.59. The summed E-state index contributed by atoms with van der Waals surface area (Å²) in [5.41, 5.74) is 7.50. The van der Waals surface area contributed by atoms with Crippen LogP contribution in [0.3, 0.4) is 0 Å². The molecule has 1 aliphatic carbocycles. The smallest absolute Gasteiger partial charge is 0.228 e. The van der Waals surface area contributed by atoms with E-state index in [1.54, 1.807) is 6.20 Å². The van der Waals surface area contributed by atoms with Gasteiger partial charge in [0.05, 0.1) is 16.4 Å². The number of ether oxygens (including phenoxy) is 1. The number of nitrogens with two attached hydrogens (primary N) is 1. The van der Waals surface area contributed by atoms with E-state index in [1.807, 2.05) is 6.92 Å². The highest BCUT2D eigenvalue weighted by molar-refractivity contribution is 9.10. The number of nitrogens with zero attached hydrogens (tertiary/aromatic N) is 1. The molecular formula is C13H19BrN2O. The summed E-state index contributed by atoms with van der Waals surface area (Å²) < 4.78 is 6.88. The number of hydrogen-bond donors (Lipinski definition) is 1. The SMILES string of the molecule is Cc1c(N)cnc(OC2CCCCCC2)c1Br. The Morgan fingerprint density at radius 2 is 1.94 bits per heavy atom. The first-order chi connectivity index (χ1) is 8.18. The largest absolute Gasteiger partial charge is 0.474 e. The van der Waals surface area contributed by atoms with Crippen molar-refractivity contribution >= 4 is 21.6 Å². The normalized spacial score (nSPS) is 17.8. The van der Waals surface area contributed by atoms with Crippen LogP contribution in [0.5, 0.6) is 5.88 Å². The first kappa shape index (κ1) is 12.7. The number of nitrogen functional groups attached to an aromatic ring is 1. The van der Waals surface area contributed by atoms with E-state index in [0.29, 0.717) is 17.7 Å². The summed E-state index contributed by atoms with van der Waals surface area (Å²) in [7, 11) is 0. The molecule has 94 valence electrons. The molecule has 0 saturated heterocycles. The van der Waals surface area contributed by atoms with E-state index >= 15 is 0 Å². The second-order valence-corrected chi connectivity index (χ2v) is 5.48. The first-order valence-corrected chi connectivity index (χ1v) is 7.05. The Morgan fingerprint density at radius 3 is 2.59 bits per heavy atom. The fourth-order valence-electron chi connectivity index (χ4n) is 2.17. The second-order valence-electron chi connectivity index (χ2n) is 4.69. The summed E-state index contributed by atoms with van der Waals surface area (Å²) in [6.07, 6.45) is 9.43. The lowest BCUT2D eigenvalue weighted by atomic mass is 10.1. The molecule has 1 fully saturated rings. The molecule has 1 aliphatic rings. The number of anilines is 1. The molecule has 0 aromatic carbocycles. The predicted molar refractivity (Wildman–Crippen MR) is 73.2 cm³/mol. The summed E-state index contributed by atoms with van der Waals surface area (Å²) in [4.78, 5) is 4.27. The molecule has 0 bridgehead atoms. The molecule has 1 aromatic rings. The van der Waals surface area contributed by atoms with Gasteiger partial charge in [-0.05, 0) is 54.1 Å². The van der Waals surface area contributed by atoms with E-state index in [4.69, 9.17) is 10.5 Å². The van der Waals surface area contributed by atoms with Gasteiger partial charge in [0.15, 0.2) is 0 Å². The molecule has 0 unspecified atom stereocenters. The predicted octanol–water partition coefficient (Wildman–Crippen LogP) is 3.84. The van der Waals surface area contributed by atoms with E-state index < -0.39 is 0 Å². The van der Waals surface area contributed by atoms with Crippen molar-refractivity contribution < 1.29 is 4.74 Å². The number of aromatic nitrogens is 1. The summed E-state index contributed by atoms with van der Waals surface area (Å²) >= 11 is 3.51. The summed E-state index contributed by atoms with van der Waals surface area (Å²) in [5.74, 6) is 0.684. The minimum atomic E-state index is 0.310. The maximum absolute atomic E-state index is 5.99. The van der Waals surface area contributed by atoms with Crippen molar-refractivity contribution in [1.29, 1.82) is 0 Å². The third kappa shape index (κ3) is 3.12. The molecule has 0 spiro atoms. The van der Waals surface area contributed by atoms with Crippen LogP contribution in [0.25, 0.3) is 0 Å². The van der Waals surface area contributed by atoms with Crippen molar-refractivity contribution in [2.75, 3.05) is 5.73 Å². The van der Waals surface area contributed by atoms with E-state index in [9.17, 15) is 0 Å². The van der Waals surface area contributed by atoms with Gasteiger partial charge in [0, 0.05) is 0 Å². The lowest BCUT2D eigenvalue weighted by Crippen LogP contribution is -2.16. The highest BCUT2D eigenvalue weighted by Crippen LogP contribution is 2.31. The van der Waals surface area contributed by atoms with Gasteiger partial charge in [-0.1, -0.05) is 12.8 Å². The minimum Gasteiger partial charge on any atom is -0.474 e. The van der Waals surface area contributed by atoms with Crippen LogP contribution in [-0.2, 0) is 0 Å². The quantitative estimate of drug-likeness (QED) is 0.844. The van der Waals surface area contributed by atoms with Crippen molar-refractivity contribution in [3.8, 4) is 5.88 Å². The van der Waals surface area contributed by atoms with Gasteiger partial charge in [-0.25, -0.2) is 4.98 Å². The fourth-order valence-corrected chi connectivity index (χ4v) is 2.59. The Bertz CT molecular complexity index is 387. The van der Waals surface area contributed by atoms with Crippen LogP contribution in [-0.4, -0.2) is 11.1 Å².